The molecule has 5 rings (SSSR count). The fraction of sp³-hybridized carbons (Fsp3) is 0.379. The summed E-state index contributed by atoms with van der Waals surface area (Å²) < 4.78 is 38.7. The molecule has 35 heavy (non-hydrogen) atoms. The SMILES string of the molecule is Fc1ccc(C(OCCN2CCC3CCC(C2)N3CC=Cc2ccco2)c2ccc(F)cc2)cc1. The van der Waals surface area contributed by atoms with Gasteiger partial charge in [-0.15, -0.1) is 0 Å². The van der Waals surface area contributed by atoms with E-state index in [1.165, 1.54) is 37.1 Å². The van der Waals surface area contributed by atoms with Gasteiger partial charge in [0.1, 0.15) is 23.5 Å². The molecule has 0 amide bonds. The topological polar surface area (TPSA) is 28.9 Å². The van der Waals surface area contributed by atoms with Crippen molar-refractivity contribution in [3.05, 3.63) is 102 Å². The van der Waals surface area contributed by atoms with Crippen LogP contribution in [0.1, 0.15) is 42.3 Å². The Kier molecular flexibility index (Phi) is 7.72. The summed E-state index contributed by atoms with van der Waals surface area (Å²) in [6.45, 7) is 4.41. The Bertz CT molecular complexity index is 1040. The van der Waals surface area contributed by atoms with Gasteiger partial charge < -0.3 is 9.15 Å². The smallest absolute Gasteiger partial charge is 0.126 e. The fourth-order valence-corrected chi connectivity index (χ4v) is 5.38. The predicted octanol–water partition coefficient (Wildman–Crippen LogP) is 5.92. The van der Waals surface area contributed by atoms with Crippen LogP contribution in [0.5, 0.6) is 0 Å². The zero-order valence-corrected chi connectivity index (χ0v) is 19.9. The lowest BCUT2D eigenvalue weighted by Crippen LogP contribution is -2.40. The largest absolute Gasteiger partial charge is 0.465 e. The molecule has 184 valence electrons. The molecule has 0 saturated carbocycles. The number of hydrogen-bond acceptors (Lipinski definition) is 4. The third kappa shape index (κ3) is 6.07. The number of rotatable bonds is 9. The van der Waals surface area contributed by atoms with Crippen LogP contribution in [-0.4, -0.2) is 54.7 Å². The number of furan rings is 1. The molecule has 2 aliphatic heterocycles. The van der Waals surface area contributed by atoms with Gasteiger partial charge in [-0.2, -0.15) is 0 Å². The van der Waals surface area contributed by atoms with Gasteiger partial charge in [-0.05, 0) is 79.4 Å². The summed E-state index contributed by atoms with van der Waals surface area (Å²) in [5, 5.41) is 0. The average molecular weight is 479 g/mol. The molecule has 2 unspecified atom stereocenters. The normalized spacial score (nSPS) is 21.2. The Labute approximate surface area is 205 Å². The Hall–Kier alpha value is -2.80. The van der Waals surface area contributed by atoms with E-state index in [-0.39, 0.29) is 17.7 Å². The van der Waals surface area contributed by atoms with Crippen molar-refractivity contribution in [2.75, 3.05) is 32.8 Å². The molecule has 0 radical (unpaired) electrons. The zero-order chi connectivity index (χ0) is 24.0. The summed E-state index contributed by atoms with van der Waals surface area (Å²) in [5.74, 6) is 0.326. The van der Waals surface area contributed by atoms with Gasteiger partial charge in [0.15, 0.2) is 0 Å². The van der Waals surface area contributed by atoms with Crippen LogP contribution in [0.2, 0.25) is 0 Å². The van der Waals surface area contributed by atoms with Crippen LogP contribution in [0, 0.1) is 11.6 Å². The molecule has 0 N–H and O–H groups in total. The van der Waals surface area contributed by atoms with Gasteiger partial charge in [0.05, 0.1) is 12.9 Å². The van der Waals surface area contributed by atoms with Crippen molar-refractivity contribution < 1.29 is 17.9 Å². The highest BCUT2D eigenvalue weighted by atomic mass is 19.1. The van der Waals surface area contributed by atoms with Gasteiger partial charge in [0.2, 0.25) is 0 Å². The molecule has 2 aliphatic rings. The minimum Gasteiger partial charge on any atom is -0.465 e. The molecule has 4 nitrogen and oxygen atoms in total. The quantitative estimate of drug-likeness (QED) is 0.382. The molecule has 2 fully saturated rings. The van der Waals surface area contributed by atoms with Gasteiger partial charge in [-0.1, -0.05) is 30.3 Å². The summed E-state index contributed by atoms with van der Waals surface area (Å²) in [4.78, 5) is 5.14. The first-order valence-corrected chi connectivity index (χ1v) is 12.5. The van der Waals surface area contributed by atoms with Crippen LogP contribution < -0.4 is 0 Å². The third-order valence-corrected chi connectivity index (χ3v) is 7.20. The highest BCUT2D eigenvalue weighted by Crippen LogP contribution is 2.31. The van der Waals surface area contributed by atoms with E-state index in [0.717, 1.165) is 49.5 Å². The Balaban J connectivity index is 1.18. The molecule has 1 aromatic heterocycles. The fourth-order valence-electron chi connectivity index (χ4n) is 5.38. The maximum atomic E-state index is 13.5. The van der Waals surface area contributed by atoms with Crippen molar-refractivity contribution in [3.63, 3.8) is 0 Å². The van der Waals surface area contributed by atoms with Gasteiger partial charge in [-0.25, -0.2) is 8.78 Å². The highest BCUT2D eigenvalue weighted by molar-refractivity contribution is 5.42. The second kappa shape index (κ2) is 11.3. The van der Waals surface area contributed by atoms with Crippen LogP contribution in [0.3, 0.4) is 0 Å². The number of ether oxygens (including phenoxy) is 1. The third-order valence-electron chi connectivity index (χ3n) is 7.20. The summed E-state index contributed by atoms with van der Waals surface area (Å²) in [6, 6.07) is 17.8. The lowest BCUT2D eigenvalue weighted by atomic mass is 10.0. The molecule has 2 atom stereocenters. The second-order valence-corrected chi connectivity index (χ2v) is 9.44. The van der Waals surface area contributed by atoms with Crippen molar-refractivity contribution in [1.29, 1.82) is 0 Å². The maximum absolute atomic E-state index is 13.5. The van der Waals surface area contributed by atoms with E-state index in [2.05, 4.69) is 22.0 Å². The Morgan fingerprint density at radius 3 is 2.26 bits per heavy atom. The first kappa shape index (κ1) is 23.9. The van der Waals surface area contributed by atoms with Gasteiger partial charge in [0.25, 0.3) is 0 Å². The van der Waals surface area contributed by atoms with Crippen LogP contribution in [-0.2, 0) is 4.74 Å². The number of benzene rings is 2. The number of likely N-dealkylation sites (tertiary alicyclic amines) is 1. The van der Waals surface area contributed by atoms with Gasteiger partial charge in [-0.3, -0.25) is 9.80 Å². The van der Waals surface area contributed by atoms with E-state index < -0.39 is 0 Å². The number of halogens is 2. The second-order valence-electron chi connectivity index (χ2n) is 9.44. The number of hydrogen-bond donors (Lipinski definition) is 0. The average Bonchev–Trinajstić information content (AvgIpc) is 3.47. The minimum absolute atomic E-state index is 0.283. The van der Waals surface area contributed by atoms with E-state index in [4.69, 9.17) is 9.15 Å². The molecular formula is C29H32F2N2O2. The number of fused-ring (bicyclic) bond motifs is 2. The van der Waals surface area contributed by atoms with E-state index in [1.807, 2.05) is 12.1 Å². The first-order valence-electron chi connectivity index (χ1n) is 12.5. The number of nitrogens with zero attached hydrogens (tertiary/aromatic N) is 2. The molecule has 2 aromatic carbocycles. The standard InChI is InChI=1S/C29H32F2N2O2/c30-24-9-5-22(6-10-24)29(23-7-11-25(31)12-8-23)35-20-18-32-17-15-26-13-14-27(21-32)33(26)16-1-3-28-4-2-19-34-28/h1-12,19,26-27,29H,13-18,20-21H2. The molecule has 2 bridgehead atoms. The minimum atomic E-state index is -0.358. The van der Waals surface area contributed by atoms with E-state index in [1.54, 1.807) is 30.5 Å². The van der Waals surface area contributed by atoms with Crippen molar-refractivity contribution in [2.24, 2.45) is 0 Å². The maximum Gasteiger partial charge on any atom is 0.126 e. The molecule has 3 aromatic rings. The van der Waals surface area contributed by atoms with Crippen LogP contribution >= 0.6 is 0 Å². The highest BCUT2D eigenvalue weighted by Gasteiger charge is 2.36. The Morgan fingerprint density at radius 2 is 1.60 bits per heavy atom. The zero-order valence-electron chi connectivity index (χ0n) is 19.9. The van der Waals surface area contributed by atoms with E-state index in [0.29, 0.717) is 18.7 Å². The van der Waals surface area contributed by atoms with E-state index in [9.17, 15) is 8.78 Å². The van der Waals surface area contributed by atoms with Crippen molar-refractivity contribution >= 4 is 6.08 Å². The molecule has 2 saturated heterocycles. The van der Waals surface area contributed by atoms with Gasteiger partial charge >= 0.3 is 0 Å². The lowest BCUT2D eigenvalue weighted by Gasteiger charge is -2.28. The first-order chi connectivity index (χ1) is 17.2. The van der Waals surface area contributed by atoms with Crippen LogP contribution in [0.4, 0.5) is 8.78 Å². The summed E-state index contributed by atoms with van der Waals surface area (Å²) in [5.41, 5.74) is 1.73. The molecule has 0 aliphatic carbocycles. The molecular weight excluding hydrogens is 446 g/mol. The van der Waals surface area contributed by atoms with Crippen molar-refractivity contribution in [3.8, 4) is 0 Å². The van der Waals surface area contributed by atoms with E-state index >= 15 is 0 Å². The lowest BCUT2D eigenvalue weighted by molar-refractivity contribution is 0.0576. The molecule has 3 heterocycles. The van der Waals surface area contributed by atoms with Crippen LogP contribution in [0.25, 0.3) is 6.08 Å². The van der Waals surface area contributed by atoms with Crippen molar-refractivity contribution in [2.45, 2.75) is 37.5 Å². The van der Waals surface area contributed by atoms with Crippen LogP contribution in [0.15, 0.2) is 77.4 Å². The van der Waals surface area contributed by atoms with Gasteiger partial charge in [0, 0.05) is 31.7 Å². The monoisotopic (exact) mass is 478 g/mol. The van der Waals surface area contributed by atoms with Crippen molar-refractivity contribution in [1.82, 2.24) is 9.80 Å². The molecule has 0 spiro atoms. The summed E-state index contributed by atoms with van der Waals surface area (Å²) in [7, 11) is 0. The molecule has 6 heteroatoms. The predicted molar refractivity (Wildman–Crippen MR) is 133 cm³/mol. The Morgan fingerprint density at radius 1 is 0.914 bits per heavy atom. The summed E-state index contributed by atoms with van der Waals surface area (Å²) in [6.07, 6.45) is 9.25. The summed E-state index contributed by atoms with van der Waals surface area (Å²) >= 11 is 0.